The summed E-state index contributed by atoms with van der Waals surface area (Å²) in [6.07, 6.45) is -1.16. The predicted octanol–water partition coefficient (Wildman–Crippen LogP) is 2.18. The van der Waals surface area contributed by atoms with Crippen LogP contribution in [0.5, 0.6) is 0 Å². The monoisotopic (exact) mass is 294 g/mol. The number of benzene rings is 1. The van der Waals surface area contributed by atoms with Gasteiger partial charge in [0.2, 0.25) is 11.9 Å². The second-order valence-electron chi connectivity index (χ2n) is 4.02. The van der Waals surface area contributed by atoms with Crippen LogP contribution in [-0.2, 0) is 24.8 Å². The van der Waals surface area contributed by atoms with E-state index in [1.165, 1.54) is 11.8 Å². The molecule has 0 bridgehead atoms. The Balaban J connectivity index is 2.09. The van der Waals surface area contributed by atoms with Gasteiger partial charge in [0.15, 0.2) is 0 Å². The van der Waals surface area contributed by atoms with Crippen molar-refractivity contribution in [2.75, 3.05) is 6.61 Å². The van der Waals surface area contributed by atoms with E-state index in [9.17, 15) is 14.7 Å². The Kier molecular flexibility index (Phi) is 4.68. The van der Waals surface area contributed by atoms with Gasteiger partial charge in [-0.3, -0.25) is 0 Å². The molecule has 0 radical (unpaired) electrons. The maximum absolute atomic E-state index is 11.7. The standard InChI is InChI=1S/C14H14O5S/c1-2-18-14(17)11-12(10(15)13(16)19-11)20-8-9-6-4-3-5-7-9/h3-7,11,15H,2,8H2,1H3. The summed E-state index contributed by atoms with van der Waals surface area (Å²) >= 11 is 1.19. The molecule has 1 heterocycles. The molecule has 0 saturated heterocycles. The number of carbonyl (C=O) groups is 2. The highest BCUT2D eigenvalue weighted by Crippen LogP contribution is 2.33. The predicted molar refractivity (Wildman–Crippen MR) is 73.9 cm³/mol. The van der Waals surface area contributed by atoms with Gasteiger partial charge in [-0.1, -0.05) is 30.3 Å². The summed E-state index contributed by atoms with van der Waals surface area (Å²) in [7, 11) is 0. The van der Waals surface area contributed by atoms with Crippen LogP contribution < -0.4 is 0 Å². The smallest absolute Gasteiger partial charge is 0.375 e. The van der Waals surface area contributed by atoms with Crippen molar-refractivity contribution in [2.45, 2.75) is 18.8 Å². The molecule has 0 aliphatic carbocycles. The maximum atomic E-state index is 11.7. The highest BCUT2D eigenvalue weighted by molar-refractivity contribution is 8.02. The third-order valence-electron chi connectivity index (χ3n) is 2.63. The zero-order chi connectivity index (χ0) is 14.5. The average Bonchev–Trinajstić information content (AvgIpc) is 2.74. The Hall–Kier alpha value is -1.95. The van der Waals surface area contributed by atoms with Gasteiger partial charge < -0.3 is 14.6 Å². The summed E-state index contributed by atoms with van der Waals surface area (Å²) in [5, 5.41) is 9.70. The lowest BCUT2D eigenvalue weighted by molar-refractivity contribution is -0.160. The Bertz CT molecular complexity index is 538. The molecule has 1 aliphatic rings. The van der Waals surface area contributed by atoms with Crippen LogP contribution in [0.2, 0.25) is 0 Å². The third-order valence-corrected chi connectivity index (χ3v) is 3.82. The number of hydrogen-bond acceptors (Lipinski definition) is 6. The molecule has 1 aromatic rings. The summed E-state index contributed by atoms with van der Waals surface area (Å²) in [4.78, 5) is 23.3. The second-order valence-corrected chi connectivity index (χ2v) is 5.04. The van der Waals surface area contributed by atoms with Gasteiger partial charge in [-0.25, -0.2) is 9.59 Å². The molecular weight excluding hydrogens is 280 g/mol. The van der Waals surface area contributed by atoms with Gasteiger partial charge in [0.1, 0.15) is 0 Å². The number of hydrogen-bond donors (Lipinski definition) is 1. The van der Waals surface area contributed by atoms with E-state index in [1.807, 2.05) is 30.3 Å². The minimum Gasteiger partial charge on any atom is -0.501 e. The summed E-state index contributed by atoms with van der Waals surface area (Å²) in [5.74, 6) is -1.55. The summed E-state index contributed by atoms with van der Waals surface area (Å²) in [6, 6.07) is 9.52. The van der Waals surface area contributed by atoms with Crippen molar-refractivity contribution in [3.8, 4) is 0 Å². The van der Waals surface area contributed by atoms with Crippen LogP contribution in [0, 0.1) is 0 Å². The van der Waals surface area contributed by atoms with Gasteiger partial charge in [-0.05, 0) is 12.5 Å². The van der Waals surface area contributed by atoms with Crippen molar-refractivity contribution >= 4 is 23.7 Å². The zero-order valence-corrected chi connectivity index (χ0v) is 11.7. The first-order valence-electron chi connectivity index (χ1n) is 6.11. The second kappa shape index (κ2) is 6.47. The first kappa shape index (κ1) is 14.5. The summed E-state index contributed by atoms with van der Waals surface area (Å²) in [5.41, 5.74) is 1.01. The summed E-state index contributed by atoms with van der Waals surface area (Å²) in [6.45, 7) is 1.85. The van der Waals surface area contributed by atoms with Gasteiger partial charge in [0.25, 0.3) is 0 Å². The molecule has 5 nitrogen and oxygen atoms in total. The molecule has 1 aliphatic heterocycles. The maximum Gasteiger partial charge on any atom is 0.375 e. The number of aliphatic hydroxyl groups excluding tert-OH is 1. The molecule has 0 spiro atoms. The molecular formula is C14H14O5S. The Morgan fingerprint density at radius 3 is 2.75 bits per heavy atom. The number of thioether (sulfide) groups is 1. The largest absolute Gasteiger partial charge is 0.501 e. The van der Waals surface area contributed by atoms with Gasteiger partial charge >= 0.3 is 11.9 Å². The van der Waals surface area contributed by atoms with Crippen LogP contribution in [0.4, 0.5) is 0 Å². The van der Waals surface area contributed by atoms with E-state index in [-0.39, 0.29) is 11.5 Å². The average molecular weight is 294 g/mol. The van der Waals surface area contributed by atoms with E-state index in [2.05, 4.69) is 0 Å². The highest BCUT2D eigenvalue weighted by Gasteiger charge is 2.40. The molecule has 0 aromatic heterocycles. The fourth-order valence-electron chi connectivity index (χ4n) is 1.69. The zero-order valence-electron chi connectivity index (χ0n) is 10.9. The normalized spacial score (nSPS) is 18.1. The van der Waals surface area contributed by atoms with Crippen LogP contribution >= 0.6 is 11.8 Å². The quantitative estimate of drug-likeness (QED) is 0.839. The van der Waals surface area contributed by atoms with E-state index < -0.39 is 23.8 Å². The van der Waals surface area contributed by atoms with Gasteiger partial charge in [0, 0.05) is 5.75 Å². The van der Waals surface area contributed by atoms with Crippen molar-refractivity contribution in [3.05, 3.63) is 46.6 Å². The SMILES string of the molecule is CCOC(=O)C1OC(=O)C(O)=C1SCc1ccccc1. The van der Waals surface area contributed by atoms with Crippen LogP contribution in [0.1, 0.15) is 12.5 Å². The molecule has 20 heavy (non-hydrogen) atoms. The fraction of sp³-hybridized carbons (Fsp3) is 0.286. The molecule has 1 atom stereocenters. The van der Waals surface area contributed by atoms with E-state index in [1.54, 1.807) is 6.92 Å². The highest BCUT2D eigenvalue weighted by atomic mass is 32.2. The Morgan fingerprint density at radius 1 is 1.40 bits per heavy atom. The van der Waals surface area contributed by atoms with Crippen molar-refractivity contribution in [1.29, 1.82) is 0 Å². The number of cyclic esters (lactones) is 1. The molecule has 0 amide bonds. The van der Waals surface area contributed by atoms with Crippen LogP contribution in [-0.4, -0.2) is 29.8 Å². The minimum absolute atomic E-state index is 0.185. The Labute approximate surface area is 120 Å². The van der Waals surface area contributed by atoms with E-state index in [0.29, 0.717) is 5.75 Å². The van der Waals surface area contributed by atoms with E-state index >= 15 is 0 Å². The topological polar surface area (TPSA) is 72.8 Å². The third kappa shape index (κ3) is 3.14. The van der Waals surface area contributed by atoms with E-state index in [0.717, 1.165) is 5.56 Å². The number of ether oxygens (including phenoxy) is 2. The number of esters is 2. The molecule has 0 fully saturated rings. The van der Waals surface area contributed by atoms with Crippen molar-refractivity contribution in [2.24, 2.45) is 0 Å². The lowest BCUT2D eigenvalue weighted by atomic mass is 10.2. The van der Waals surface area contributed by atoms with Crippen molar-refractivity contribution in [3.63, 3.8) is 0 Å². The summed E-state index contributed by atoms with van der Waals surface area (Å²) < 4.78 is 9.66. The first-order valence-corrected chi connectivity index (χ1v) is 7.09. The minimum atomic E-state index is -1.16. The fourth-order valence-corrected chi connectivity index (χ4v) is 2.72. The number of aliphatic hydroxyl groups is 1. The van der Waals surface area contributed by atoms with Crippen molar-refractivity contribution < 1.29 is 24.2 Å². The number of carbonyl (C=O) groups excluding carboxylic acids is 2. The molecule has 2 rings (SSSR count). The first-order chi connectivity index (χ1) is 9.63. The lowest BCUT2D eigenvalue weighted by Crippen LogP contribution is -2.25. The van der Waals surface area contributed by atoms with Gasteiger partial charge in [0.05, 0.1) is 11.5 Å². The van der Waals surface area contributed by atoms with E-state index in [4.69, 9.17) is 9.47 Å². The molecule has 6 heteroatoms. The number of rotatable bonds is 5. The van der Waals surface area contributed by atoms with Gasteiger partial charge in [-0.15, -0.1) is 11.8 Å². The van der Waals surface area contributed by atoms with Gasteiger partial charge in [-0.2, -0.15) is 0 Å². The molecule has 1 aromatic carbocycles. The molecule has 0 saturated carbocycles. The van der Waals surface area contributed by atoms with Crippen LogP contribution in [0.15, 0.2) is 41.0 Å². The molecule has 1 unspecified atom stereocenters. The van der Waals surface area contributed by atoms with Crippen LogP contribution in [0.3, 0.4) is 0 Å². The van der Waals surface area contributed by atoms with Crippen molar-refractivity contribution in [1.82, 2.24) is 0 Å². The molecule has 1 N–H and O–H groups in total. The lowest BCUT2D eigenvalue weighted by Gasteiger charge is -2.11. The Morgan fingerprint density at radius 2 is 2.10 bits per heavy atom. The molecule has 106 valence electrons. The van der Waals surface area contributed by atoms with Crippen LogP contribution in [0.25, 0.3) is 0 Å².